The lowest BCUT2D eigenvalue weighted by Crippen LogP contribution is -2.45. The Balaban J connectivity index is 0.00000207. The first-order valence-corrected chi connectivity index (χ1v) is 15.3. The molecule has 230 valence electrons. The van der Waals surface area contributed by atoms with Gasteiger partial charge in [-0.1, -0.05) is 57.2 Å². The van der Waals surface area contributed by atoms with Crippen LogP contribution >= 0.6 is 0 Å². The van der Waals surface area contributed by atoms with Crippen LogP contribution in [0.1, 0.15) is 68.3 Å². The molecule has 1 aromatic carbocycles. The van der Waals surface area contributed by atoms with Crippen LogP contribution in [0.25, 0.3) is 0 Å². The van der Waals surface area contributed by atoms with Gasteiger partial charge in [0, 0.05) is 43.4 Å². The fourth-order valence-electron chi connectivity index (χ4n) is 5.42. The Morgan fingerprint density at radius 1 is 1.12 bits per heavy atom. The molecule has 1 saturated heterocycles. The average molecular weight is 590 g/mol. The van der Waals surface area contributed by atoms with Gasteiger partial charge in [-0.15, -0.1) is 0 Å². The van der Waals surface area contributed by atoms with Gasteiger partial charge in [-0.05, 0) is 49.3 Å². The summed E-state index contributed by atoms with van der Waals surface area (Å²) in [6, 6.07) is 12.4. The third-order valence-corrected chi connectivity index (χ3v) is 7.68. The summed E-state index contributed by atoms with van der Waals surface area (Å²) in [5.41, 5.74) is 4.18. The summed E-state index contributed by atoms with van der Waals surface area (Å²) < 4.78 is 5.19. The molecule has 1 unspecified atom stereocenters. The fraction of sp³-hybridized carbons (Fsp3) is 0.469. The minimum Gasteiger partial charge on any atom is -0.480 e. The van der Waals surface area contributed by atoms with Crippen molar-refractivity contribution in [3.05, 3.63) is 71.2 Å². The Labute approximate surface area is 253 Å². The van der Waals surface area contributed by atoms with Crippen LogP contribution in [0.15, 0.2) is 48.8 Å². The average Bonchev–Trinajstić information content (AvgIpc) is 3.06. The highest BCUT2D eigenvalue weighted by molar-refractivity contribution is 5.80. The number of fused-ring (bicyclic) bond motifs is 1. The lowest BCUT2D eigenvalue weighted by Gasteiger charge is -2.34. The van der Waals surface area contributed by atoms with E-state index in [1.54, 1.807) is 0 Å². The van der Waals surface area contributed by atoms with Gasteiger partial charge in [0.2, 0.25) is 0 Å². The van der Waals surface area contributed by atoms with E-state index in [0.717, 1.165) is 73.8 Å². The third-order valence-electron chi connectivity index (χ3n) is 7.68. The number of hydrogen-bond donors (Lipinski definition) is 4. The molecule has 4 N–H and O–H groups in total. The molecule has 4 heterocycles. The van der Waals surface area contributed by atoms with Gasteiger partial charge in [0.1, 0.15) is 36.4 Å². The van der Waals surface area contributed by atoms with Crippen molar-refractivity contribution in [3.8, 4) is 0 Å². The van der Waals surface area contributed by atoms with Crippen LogP contribution in [0.3, 0.4) is 0 Å². The largest absolute Gasteiger partial charge is 0.480 e. The van der Waals surface area contributed by atoms with E-state index in [0.29, 0.717) is 18.2 Å². The standard InChI is InChI=1S/C30H37N7O4.C2H6/c1-2-23-27(32-17-25(29(38)39)36-30(40)41-18-20-7-4-3-5-8-20)33-19-34-28(23)37-15-12-21(13-16-37)24-11-10-22-9-6-14-31-26(22)35-24;1-2/h3-5,7-8,10-11,19,21,25H,2,6,9,12-18H2,1H3,(H,31,35)(H,36,40)(H,38,39)(H,32,33,34);1-2H3. The zero-order valence-electron chi connectivity index (χ0n) is 25.3. The van der Waals surface area contributed by atoms with Crippen molar-refractivity contribution in [2.45, 2.75) is 71.4 Å². The molecule has 2 aliphatic rings. The number of nitrogens with one attached hydrogen (secondary N) is 3. The van der Waals surface area contributed by atoms with E-state index in [4.69, 9.17) is 9.72 Å². The van der Waals surface area contributed by atoms with Gasteiger partial charge in [0.15, 0.2) is 0 Å². The van der Waals surface area contributed by atoms with Crippen molar-refractivity contribution < 1.29 is 19.4 Å². The van der Waals surface area contributed by atoms with Crippen LogP contribution in [0, 0.1) is 0 Å². The smallest absolute Gasteiger partial charge is 0.408 e. The van der Waals surface area contributed by atoms with Crippen LogP contribution in [0.4, 0.5) is 22.2 Å². The monoisotopic (exact) mass is 589 g/mol. The number of hydrogen-bond acceptors (Lipinski definition) is 9. The zero-order chi connectivity index (χ0) is 30.6. The summed E-state index contributed by atoms with van der Waals surface area (Å²) in [5.74, 6) is 1.68. The van der Waals surface area contributed by atoms with E-state index in [2.05, 4.69) is 43.0 Å². The molecular weight excluding hydrogens is 546 g/mol. The normalized spacial score (nSPS) is 15.2. The number of anilines is 3. The zero-order valence-corrected chi connectivity index (χ0v) is 25.3. The van der Waals surface area contributed by atoms with E-state index >= 15 is 0 Å². The van der Waals surface area contributed by atoms with Gasteiger partial charge in [0.25, 0.3) is 0 Å². The molecule has 2 aliphatic heterocycles. The summed E-state index contributed by atoms with van der Waals surface area (Å²) in [4.78, 5) is 40.3. The number of aliphatic carboxylic acids is 1. The van der Waals surface area contributed by atoms with Crippen molar-refractivity contribution >= 4 is 29.5 Å². The van der Waals surface area contributed by atoms with Crippen molar-refractivity contribution in [3.63, 3.8) is 0 Å². The number of amides is 1. The molecule has 5 rings (SSSR count). The number of carboxylic acids is 1. The quantitative estimate of drug-likeness (QED) is 0.255. The summed E-state index contributed by atoms with van der Waals surface area (Å²) in [6.45, 7) is 8.68. The van der Waals surface area contributed by atoms with Crippen molar-refractivity contribution in [1.82, 2.24) is 20.3 Å². The van der Waals surface area contributed by atoms with E-state index in [-0.39, 0.29) is 13.2 Å². The number of carboxylic acid groups (broad SMARTS) is 1. The molecule has 0 bridgehead atoms. The number of carbonyl (C=O) groups is 2. The highest BCUT2D eigenvalue weighted by Crippen LogP contribution is 2.33. The maximum atomic E-state index is 12.3. The number of ether oxygens (including phenoxy) is 1. The number of carbonyl (C=O) groups excluding carboxylic acids is 1. The predicted molar refractivity (Wildman–Crippen MR) is 168 cm³/mol. The van der Waals surface area contributed by atoms with Crippen LogP contribution in [-0.2, 0) is 29.0 Å². The second-order valence-corrected chi connectivity index (χ2v) is 10.4. The Kier molecular flexibility index (Phi) is 11.5. The molecule has 11 nitrogen and oxygen atoms in total. The second kappa shape index (κ2) is 15.7. The number of aromatic nitrogens is 3. The first kappa shape index (κ1) is 31.5. The maximum Gasteiger partial charge on any atom is 0.408 e. The van der Waals surface area contributed by atoms with Gasteiger partial charge < -0.3 is 30.7 Å². The molecule has 1 fully saturated rings. The van der Waals surface area contributed by atoms with E-state index < -0.39 is 18.1 Å². The number of alkyl carbamates (subject to hydrolysis) is 1. The Morgan fingerprint density at radius 2 is 1.88 bits per heavy atom. The number of rotatable bonds is 10. The lowest BCUT2D eigenvalue weighted by atomic mass is 9.92. The van der Waals surface area contributed by atoms with Gasteiger partial charge in [-0.3, -0.25) is 0 Å². The molecule has 11 heteroatoms. The molecular formula is C32H43N7O4. The van der Waals surface area contributed by atoms with Gasteiger partial charge in [-0.2, -0.15) is 0 Å². The first-order valence-electron chi connectivity index (χ1n) is 15.3. The maximum absolute atomic E-state index is 12.3. The van der Waals surface area contributed by atoms with Gasteiger partial charge in [-0.25, -0.2) is 24.5 Å². The fourth-order valence-corrected chi connectivity index (χ4v) is 5.42. The van der Waals surface area contributed by atoms with Crippen molar-refractivity contribution in [1.29, 1.82) is 0 Å². The SMILES string of the molecule is CC.CCc1c(NCC(NC(=O)OCc2ccccc2)C(=O)O)ncnc1N1CCC(c2ccc3c(n2)NCCC3)CC1. The van der Waals surface area contributed by atoms with Crippen LogP contribution < -0.4 is 20.9 Å². The van der Waals surface area contributed by atoms with E-state index in [1.165, 1.54) is 11.9 Å². The highest BCUT2D eigenvalue weighted by Gasteiger charge is 2.27. The van der Waals surface area contributed by atoms with E-state index in [9.17, 15) is 14.7 Å². The molecule has 1 atom stereocenters. The molecule has 2 aromatic heterocycles. The Morgan fingerprint density at radius 3 is 2.60 bits per heavy atom. The van der Waals surface area contributed by atoms with Crippen LogP contribution in [-0.4, -0.2) is 64.3 Å². The first-order chi connectivity index (χ1) is 21.0. The van der Waals surface area contributed by atoms with Gasteiger partial charge in [0.05, 0.1) is 0 Å². The molecule has 0 radical (unpaired) electrons. The third kappa shape index (κ3) is 8.33. The highest BCUT2D eigenvalue weighted by atomic mass is 16.5. The molecule has 3 aromatic rings. The predicted octanol–water partition coefficient (Wildman–Crippen LogP) is 4.99. The number of pyridine rings is 1. The minimum absolute atomic E-state index is 0.0534. The van der Waals surface area contributed by atoms with Crippen molar-refractivity contribution in [2.24, 2.45) is 0 Å². The molecule has 1 amide bonds. The minimum atomic E-state index is -1.20. The summed E-state index contributed by atoms with van der Waals surface area (Å²) in [6.07, 6.45) is 5.54. The molecule has 0 spiro atoms. The number of aryl methyl sites for hydroxylation is 1. The summed E-state index contributed by atoms with van der Waals surface area (Å²) >= 11 is 0. The molecule has 0 aliphatic carbocycles. The summed E-state index contributed by atoms with van der Waals surface area (Å²) in [5, 5.41) is 18.7. The number of piperidine rings is 1. The molecule has 43 heavy (non-hydrogen) atoms. The number of nitrogens with zero attached hydrogens (tertiary/aromatic N) is 4. The number of benzene rings is 1. The van der Waals surface area contributed by atoms with Crippen molar-refractivity contribution in [2.75, 3.05) is 41.7 Å². The topological polar surface area (TPSA) is 142 Å². The summed E-state index contributed by atoms with van der Waals surface area (Å²) in [7, 11) is 0. The Bertz CT molecular complexity index is 1350. The molecule has 0 saturated carbocycles. The van der Waals surface area contributed by atoms with Crippen LogP contribution in [0.2, 0.25) is 0 Å². The van der Waals surface area contributed by atoms with Gasteiger partial charge >= 0.3 is 12.1 Å². The lowest BCUT2D eigenvalue weighted by molar-refractivity contribution is -0.139. The van der Waals surface area contributed by atoms with Crippen LogP contribution in [0.5, 0.6) is 0 Å². The Hall–Kier alpha value is -4.41. The second-order valence-electron chi connectivity index (χ2n) is 10.4. The van der Waals surface area contributed by atoms with E-state index in [1.807, 2.05) is 51.1 Å².